The highest BCUT2D eigenvalue weighted by atomic mass is 16.5. The Morgan fingerprint density at radius 2 is 1.95 bits per heavy atom. The van der Waals surface area contributed by atoms with E-state index >= 15 is 0 Å². The molecule has 0 saturated heterocycles. The predicted molar refractivity (Wildman–Crippen MR) is 81.6 cm³/mol. The van der Waals surface area contributed by atoms with E-state index < -0.39 is 0 Å². The number of methoxy groups -OCH3 is 1. The summed E-state index contributed by atoms with van der Waals surface area (Å²) in [5.41, 5.74) is 0.929. The van der Waals surface area contributed by atoms with Crippen LogP contribution in [0, 0.1) is 5.92 Å². The normalized spacial score (nSPS) is 10.4. The van der Waals surface area contributed by atoms with Crippen molar-refractivity contribution >= 4 is 17.3 Å². The molecule has 0 unspecified atom stereocenters. The van der Waals surface area contributed by atoms with E-state index in [0.717, 1.165) is 29.6 Å². The minimum absolute atomic E-state index is 0.569. The molecule has 0 radical (unpaired) electrons. The number of rotatable bonds is 6. The first-order chi connectivity index (χ1) is 9.67. The van der Waals surface area contributed by atoms with Crippen LogP contribution in [0.25, 0.3) is 0 Å². The second kappa shape index (κ2) is 6.75. The molecule has 20 heavy (non-hydrogen) atoms. The first-order valence-corrected chi connectivity index (χ1v) is 6.64. The highest BCUT2D eigenvalue weighted by Gasteiger charge is 2.01. The maximum atomic E-state index is 5.20. The molecule has 1 aromatic heterocycles. The largest absolute Gasteiger partial charge is 0.497 e. The van der Waals surface area contributed by atoms with Crippen LogP contribution in [0.4, 0.5) is 17.3 Å². The van der Waals surface area contributed by atoms with E-state index in [1.807, 2.05) is 30.3 Å². The molecule has 0 amide bonds. The van der Waals surface area contributed by atoms with Crippen LogP contribution in [0.15, 0.2) is 36.7 Å². The Morgan fingerprint density at radius 1 is 1.15 bits per heavy atom. The molecule has 1 heterocycles. The van der Waals surface area contributed by atoms with Crippen LogP contribution < -0.4 is 15.4 Å². The number of hydrogen-bond donors (Lipinski definition) is 2. The lowest BCUT2D eigenvalue weighted by Gasteiger charge is -2.10. The number of hydrogen-bond acceptors (Lipinski definition) is 5. The smallest absolute Gasteiger partial charge is 0.135 e. The van der Waals surface area contributed by atoms with E-state index in [0.29, 0.717) is 5.92 Å². The summed E-state index contributed by atoms with van der Waals surface area (Å²) in [7, 11) is 1.65. The lowest BCUT2D eigenvalue weighted by molar-refractivity contribution is 0.415. The number of nitrogens with one attached hydrogen (secondary N) is 2. The Morgan fingerprint density at radius 3 is 2.70 bits per heavy atom. The van der Waals surface area contributed by atoms with Gasteiger partial charge in [0.05, 0.1) is 7.11 Å². The van der Waals surface area contributed by atoms with Gasteiger partial charge in [-0.3, -0.25) is 0 Å². The van der Waals surface area contributed by atoms with Gasteiger partial charge >= 0.3 is 0 Å². The van der Waals surface area contributed by atoms with Crippen LogP contribution in [0.2, 0.25) is 0 Å². The summed E-state index contributed by atoms with van der Waals surface area (Å²) in [4.78, 5) is 8.41. The van der Waals surface area contributed by atoms with E-state index in [1.54, 1.807) is 13.4 Å². The quantitative estimate of drug-likeness (QED) is 0.845. The maximum absolute atomic E-state index is 5.20. The van der Waals surface area contributed by atoms with E-state index in [9.17, 15) is 0 Å². The fourth-order valence-corrected chi connectivity index (χ4v) is 1.68. The third kappa shape index (κ3) is 4.12. The van der Waals surface area contributed by atoms with Gasteiger partial charge in [-0.1, -0.05) is 19.9 Å². The fourth-order valence-electron chi connectivity index (χ4n) is 1.68. The predicted octanol–water partition coefficient (Wildman–Crippen LogP) is 3.30. The van der Waals surface area contributed by atoms with Crippen LogP contribution in [-0.4, -0.2) is 23.6 Å². The number of ether oxygens (including phenoxy) is 1. The van der Waals surface area contributed by atoms with Gasteiger partial charge in [0.2, 0.25) is 0 Å². The van der Waals surface area contributed by atoms with Crippen molar-refractivity contribution in [1.82, 2.24) is 9.97 Å². The molecule has 0 saturated carbocycles. The monoisotopic (exact) mass is 272 g/mol. The van der Waals surface area contributed by atoms with Crippen molar-refractivity contribution in [3.63, 3.8) is 0 Å². The summed E-state index contributed by atoms with van der Waals surface area (Å²) >= 11 is 0. The van der Waals surface area contributed by atoms with Crippen molar-refractivity contribution in [3.8, 4) is 5.75 Å². The van der Waals surface area contributed by atoms with Crippen LogP contribution in [0.5, 0.6) is 5.75 Å². The summed E-state index contributed by atoms with van der Waals surface area (Å²) < 4.78 is 5.20. The third-order valence-electron chi connectivity index (χ3n) is 2.70. The zero-order chi connectivity index (χ0) is 14.4. The molecule has 106 valence electrons. The minimum atomic E-state index is 0.569. The number of aromatic nitrogens is 2. The van der Waals surface area contributed by atoms with Gasteiger partial charge in [-0.25, -0.2) is 9.97 Å². The SMILES string of the molecule is COc1cccc(Nc2cc(NCC(C)C)ncn2)c1. The molecular formula is C15H20N4O. The Bertz CT molecular complexity index is 557. The molecule has 0 aliphatic heterocycles. The van der Waals surface area contributed by atoms with Crippen LogP contribution in [0.3, 0.4) is 0 Å². The summed E-state index contributed by atoms with van der Waals surface area (Å²) in [5.74, 6) is 2.94. The molecule has 0 atom stereocenters. The standard InChI is InChI=1S/C15H20N4O/c1-11(2)9-16-14-8-15(18-10-17-14)19-12-5-4-6-13(7-12)20-3/h4-8,10-11H,9H2,1-3H3,(H2,16,17,18,19). The van der Waals surface area contributed by atoms with E-state index in [4.69, 9.17) is 4.74 Å². The van der Waals surface area contributed by atoms with Crippen molar-refractivity contribution < 1.29 is 4.74 Å². The zero-order valence-electron chi connectivity index (χ0n) is 12.1. The highest BCUT2D eigenvalue weighted by Crippen LogP contribution is 2.20. The van der Waals surface area contributed by atoms with Gasteiger partial charge in [0, 0.05) is 24.4 Å². The first-order valence-electron chi connectivity index (χ1n) is 6.64. The summed E-state index contributed by atoms with van der Waals surface area (Å²) in [5, 5.41) is 6.51. The molecule has 0 aliphatic carbocycles. The molecule has 2 N–H and O–H groups in total. The van der Waals surface area contributed by atoms with Gasteiger partial charge < -0.3 is 15.4 Å². The molecule has 2 rings (SSSR count). The Hall–Kier alpha value is -2.30. The fraction of sp³-hybridized carbons (Fsp3) is 0.333. The van der Waals surface area contributed by atoms with E-state index in [2.05, 4.69) is 34.4 Å². The Labute approximate surface area is 119 Å². The van der Waals surface area contributed by atoms with Gasteiger partial charge in [0.25, 0.3) is 0 Å². The zero-order valence-corrected chi connectivity index (χ0v) is 12.1. The second-order valence-electron chi connectivity index (χ2n) is 4.92. The van der Waals surface area contributed by atoms with Gasteiger partial charge in [-0.15, -0.1) is 0 Å². The summed E-state index contributed by atoms with van der Waals surface area (Å²) in [6.07, 6.45) is 1.55. The van der Waals surface area contributed by atoms with Gasteiger partial charge in [0.1, 0.15) is 23.7 Å². The van der Waals surface area contributed by atoms with Crippen molar-refractivity contribution in [1.29, 1.82) is 0 Å². The van der Waals surface area contributed by atoms with Crippen molar-refractivity contribution in [2.24, 2.45) is 5.92 Å². The van der Waals surface area contributed by atoms with Gasteiger partial charge in [-0.05, 0) is 18.1 Å². The van der Waals surface area contributed by atoms with E-state index in [1.165, 1.54) is 0 Å². The van der Waals surface area contributed by atoms with Gasteiger partial charge in [-0.2, -0.15) is 0 Å². The molecular weight excluding hydrogens is 252 g/mol. The molecule has 1 aromatic carbocycles. The second-order valence-corrected chi connectivity index (χ2v) is 4.92. The van der Waals surface area contributed by atoms with Crippen LogP contribution in [0.1, 0.15) is 13.8 Å². The van der Waals surface area contributed by atoms with Crippen molar-refractivity contribution in [2.45, 2.75) is 13.8 Å². The average molecular weight is 272 g/mol. The third-order valence-corrected chi connectivity index (χ3v) is 2.70. The lowest BCUT2D eigenvalue weighted by atomic mass is 10.2. The Kier molecular flexibility index (Phi) is 4.76. The molecule has 5 heteroatoms. The number of anilines is 3. The van der Waals surface area contributed by atoms with Crippen molar-refractivity contribution in [2.75, 3.05) is 24.3 Å². The summed E-state index contributed by atoms with van der Waals surface area (Å²) in [6.45, 7) is 5.20. The average Bonchev–Trinajstić information content (AvgIpc) is 2.46. The Balaban J connectivity index is 2.06. The number of benzene rings is 1. The minimum Gasteiger partial charge on any atom is -0.497 e. The molecule has 5 nitrogen and oxygen atoms in total. The van der Waals surface area contributed by atoms with Gasteiger partial charge in [0.15, 0.2) is 0 Å². The summed E-state index contributed by atoms with van der Waals surface area (Å²) in [6, 6.07) is 9.61. The number of nitrogens with zero attached hydrogens (tertiary/aromatic N) is 2. The highest BCUT2D eigenvalue weighted by molar-refractivity contribution is 5.60. The molecule has 2 aromatic rings. The van der Waals surface area contributed by atoms with Crippen LogP contribution in [-0.2, 0) is 0 Å². The molecule has 0 aliphatic rings. The van der Waals surface area contributed by atoms with E-state index in [-0.39, 0.29) is 0 Å². The topological polar surface area (TPSA) is 59.1 Å². The lowest BCUT2D eigenvalue weighted by Crippen LogP contribution is -2.09. The maximum Gasteiger partial charge on any atom is 0.135 e. The molecule has 0 fully saturated rings. The van der Waals surface area contributed by atoms with Crippen molar-refractivity contribution in [3.05, 3.63) is 36.7 Å². The van der Waals surface area contributed by atoms with Crippen LogP contribution >= 0.6 is 0 Å². The molecule has 0 bridgehead atoms. The molecule has 0 spiro atoms. The first kappa shape index (κ1) is 14.1.